The van der Waals surface area contributed by atoms with Crippen LogP contribution in [0.1, 0.15) is 27.9 Å². The van der Waals surface area contributed by atoms with Gasteiger partial charge in [0.2, 0.25) is 5.75 Å². The second-order valence-electron chi connectivity index (χ2n) is 5.87. The van der Waals surface area contributed by atoms with E-state index in [4.69, 9.17) is 19.9 Å². The molecule has 26 heavy (non-hydrogen) atoms. The first-order valence-electron chi connectivity index (χ1n) is 8.19. The Morgan fingerprint density at radius 2 is 1.69 bits per heavy atom. The standard InChI is InChI=1S/C21H21NO4/c1-24-18-11-15(12-19(25-2)21(18)26-3)20(23)16-10-14(8-9-17(16)22)13-6-4-5-7-13/h4-6,8-12H,7,22H2,1-3H3. The van der Waals surface area contributed by atoms with Crippen molar-refractivity contribution in [1.82, 2.24) is 0 Å². The van der Waals surface area contributed by atoms with E-state index in [1.54, 1.807) is 18.2 Å². The summed E-state index contributed by atoms with van der Waals surface area (Å²) in [4.78, 5) is 13.1. The summed E-state index contributed by atoms with van der Waals surface area (Å²) >= 11 is 0. The number of nitrogens with two attached hydrogens (primary N) is 1. The molecule has 0 saturated heterocycles. The van der Waals surface area contributed by atoms with E-state index in [1.165, 1.54) is 21.3 Å². The molecule has 0 aromatic heterocycles. The van der Waals surface area contributed by atoms with E-state index >= 15 is 0 Å². The molecule has 0 atom stereocenters. The SMILES string of the molecule is COc1cc(C(=O)c2cc(C3=CC=CC3)ccc2N)cc(OC)c1OC. The van der Waals surface area contributed by atoms with Gasteiger partial charge < -0.3 is 19.9 Å². The fourth-order valence-corrected chi connectivity index (χ4v) is 2.98. The van der Waals surface area contributed by atoms with Gasteiger partial charge in [0.1, 0.15) is 0 Å². The lowest BCUT2D eigenvalue weighted by molar-refractivity contribution is 0.103. The molecule has 5 nitrogen and oxygen atoms in total. The number of carbonyl (C=O) groups excluding carboxylic acids is 1. The van der Waals surface area contributed by atoms with Crippen molar-refractivity contribution in [2.45, 2.75) is 6.42 Å². The molecule has 2 aromatic rings. The molecule has 1 aliphatic rings. The number of hydrogen-bond acceptors (Lipinski definition) is 5. The Morgan fingerprint density at radius 3 is 2.23 bits per heavy atom. The number of anilines is 1. The van der Waals surface area contributed by atoms with Gasteiger partial charge in [0.05, 0.1) is 21.3 Å². The van der Waals surface area contributed by atoms with Gasteiger partial charge >= 0.3 is 0 Å². The summed E-state index contributed by atoms with van der Waals surface area (Å²) in [6.07, 6.45) is 6.97. The van der Waals surface area contributed by atoms with Crippen LogP contribution >= 0.6 is 0 Å². The van der Waals surface area contributed by atoms with Crippen molar-refractivity contribution in [3.8, 4) is 17.2 Å². The van der Waals surface area contributed by atoms with Crippen molar-refractivity contribution in [3.05, 3.63) is 65.3 Å². The van der Waals surface area contributed by atoms with Crippen LogP contribution in [0.5, 0.6) is 17.2 Å². The summed E-state index contributed by atoms with van der Waals surface area (Å²) in [7, 11) is 4.55. The molecule has 0 bridgehead atoms. The molecule has 0 amide bonds. The van der Waals surface area contributed by atoms with Gasteiger partial charge in [-0.3, -0.25) is 4.79 Å². The second kappa shape index (κ2) is 7.35. The van der Waals surface area contributed by atoms with Gasteiger partial charge in [-0.25, -0.2) is 0 Å². The van der Waals surface area contributed by atoms with Crippen LogP contribution in [0, 0.1) is 0 Å². The molecule has 0 heterocycles. The number of hydrogen-bond donors (Lipinski definition) is 1. The van der Waals surface area contributed by atoms with Crippen molar-refractivity contribution in [1.29, 1.82) is 0 Å². The first-order valence-corrected chi connectivity index (χ1v) is 8.19. The van der Waals surface area contributed by atoms with Crippen molar-refractivity contribution in [3.63, 3.8) is 0 Å². The van der Waals surface area contributed by atoms with E-state index in [0.717, 1.165) is 17.6 Å². The minimum absolute atomic E-state index is 0.199. The Bertz CT molecular complexity index is 887. The minimum Gasteiger partial charge on any atom is -0.493 e. The highest BCUT2D eigenvalue weighted by Gasteiger charge is 2.20. The molecule has 2 aromatic carbocycles. The summed E-state index contributed by atoms with van der Waals surface area (Å²) < 4.78 is 16.0. The zero-order valence-corrected chi connectivity index (χ0v) is 15.0. The monoisotopic (exact) mass is 351 g/mol. The van der Waals surface area contributed by atoms with Crippen LogP contribution in [0.15, 0.2) is 48.6 Å². The fourth-order valence-electron chi connectivity index (χ4n) is 2.98. The zero-order chi connectivity index (χ0) is 18.7. The van der Waals surface area contributed by atoms with Gasteiger partial charge in [-0.2, -0.15) is 0 Å². The molecule has 0 saturated carbocycles. The smallest absolute Gasteiger partial charge is 0.203 e. The topological polar surface area (TPSA) is 70.8 Å². The van der Waals surface area contributed by atoms with Gasteiger partial charge in [0.25, 0.3) is 0 Å². The van der Waals surface area contributed by atoms with Crippen molar-refractivity contribution in [2.24, 2.45) is 0 Å². The predicted octanol–water partition coefficient (Wildman–Crippen LogP) is 3.87. The van der Waals surface area contributed by atoms with E-state index in [0.29, 0.717) is 34.1 Å². The Labute approximate surface area is 152 Å². The molecule has 0 radical (unpaired) electrons. The zero-order valence-electron chi connectivity index (χ0n) is 15.0. The lowest BCUT2D eigenvalue weighted by Gasteiger charge is -2.14. The lowest BCUT2D eigenvalue weighted by atomic mass is 9.96. The normalized spacial score (nSPS) is 12.7. The molecule has 134 valence electrons. The van der Waals surface area contributed by atoms with Crippen molar-refractivity contribution < 1.29 is 19.0 Å². The van der Waals surface area contributed by atoms with Gasteiger partial charge in [-0.1, -0.05) is 24.3 Å². The molecule has 2 N–H and O–H groups in total. The molecule has 5 heteroatoms. The van der Waals surface area contributed by atoms with Crippen LogP contribution in [0.2, 0.25) is 0 Å². The predicted molar refractivity (Wildman–Crippen MR) is 102 cm³/mol. The third-order valence-corrected chi connectivity index (χ3v) is 4.37. The van der Waals surface area contributed by atoms with Gasteiger partial charge in [-0.15, -0.1) is 0 Å². The molecule has 0 aliphatic heterocycles. The number of ether oxygens (including phenoxy) is 3. The Morgan fingerprint density at radius 1 is 1.00 bits per heavy atom. The second-order valence-corrected chi connectivity index (χ2v) is 5.87. The van der Waals surface area contributed by atoms with Crippen LogP contribution in [0.3, 0.4) is 0 Å². The summed E-state index contributed by atoms with van der Waals surface area (Å²) in [5.41, 5.74) is 9.52. The molecule has 0 unspecified atom stereocenters. The maximum atomic E-state index is 13.1. The number of carbonyl (C=O) groups is 1. The molecule has 0 spiro atoms. The highest BCUT2D eigenvalue weighted by Crippen LogP contribution is 2.39. The highest BCUT2D eigenvalue weighted by molar-refractivity contribution is 6.13. The molecular weight excluding hydrogens is 330 g/mol. The molecule has 3 rings (SSSR count). The third-order valence-electron chi connectivity index (χ3n) is 4.37. The lowest BCUT2D eigenvalue weighted by Crippen LogP contribution is -2.07. The van der Waals surface area contributed by atoms with E-state index in [2.05, 4.69) is 6.08 Å². The molecule has 0 fully saturated rings. The quantitative estimate of drug-likeness (QED) is 0.632. The van der Waals surface area contributed by atoms with Crippen LogP contribution in [0.4, 0.5) is 5.69 Å². The number of ketones is 1. The number of rotatable bonds is 6. The average molecular weight is 351 g/mol. The maximum Gasteiger partial charge on any atom is 0.203 e. The Hall–Kier alpha value is -3.21. The Balaban J connectivity index is 2.05. The van der Waals surface area contributed by atoms with Gasteiger partial charge in [-0.05, 0) is 41.8 Å². The first-order chi connectivity index (χ1) is 12.6. The number of nitrogen functional groups attached to an aromatic ring is 1. The average Bonchev–Trinajstić information content (AvgIpc) is 3.21. The number of allylic oxidation sites excluding steroid dienone is 4. The Kier molecular flexibility index (Phi) is 4.98. The van der Waals surface area contributed by atoms with Crippen molar-refractivity contribution in [2.75, 3.05) is 27.1 Å². The fraction of sp³-hybridized carbons (Fsp3) is 0.190. The van der Waals surface area contributed by atoms with E-state index < -0.39 is 0 Å². The van der Waals surface area contributed by atoms with Crippen LogP contribution in [-0.4, -0.2) is 27.1 Å². The highest BCUT2D eigenvalue weighted by atomic mass is 16.5. The maximum absolute atomic E-state index is 13.1. The third kappa shape index (κ3) is 3.16. The van der Waals surface area contributed by atoms with E-state index in [-0.39, 0.29) is 5.78 Å². The largest absolute Gasteiger partial charge is 0.493 e. The van der Waals surface area contributed by atoms with Crippen LogP contribution in [0.25, 0.3) is 5.57 Å². The van der Waals surface area contributed by atoms with Gasteiger partial charge in [0, 0.05) is 16.8 Å². The van der Waals surface area contributed by atoms with Crippen LogP contribution in [-0.2, 0) is 0 Å². The van der Waals surface area contributed by atoms with Crippen LogP contribution < -0.4 is 19.9 Å². The number of benzene rings is 2. The first kappa shape index (κ1) is 17.6. The summed E-state index contributed by atoms with van der Waals surface area (Å²) in [5, 5.41) is 0. The minimum atomic E-state index is -0.199. The summed E-state index contributed by atoms with van der Waals surface area (Å²) in [6, 6.07) is 8.79. The van der Waals surface area contributed by atoms with Crippen molar-refractivity contribution >= 4 is 17.0 Å². The molecular formula is C21H21NO4. The van der Waals surface area contributed by atoms with Gasteiger partial charge in [0.15, 0.2) is 17.3 Å². The van der Waals surface area contributed by atoms with E-state index in [1.807, 2.05) is 24.3 Å². The van der Waals surface area contributed by atoms with E-state index in [9.17, 15) is 4.79 Å². The number of methoxy groups -OCH3 is 3. The summed E-state index contributed by atoms with van der Waals surface area (Å²) in [6.45, 7) is 0. The summed E-state index contributed by atoms with van der Waals surface area (Å²) in [5.74, 6) is 1.09. The molecule has 1 aliphatic carbocycles.